The number of ether oxygens (including phenoxy) is 2. The Kier molecular flexibility index (Phi) is 5.48. The van der Waals surface area contributed by atoms with Crippen molar-refractivity contribution >= 4 is 17.5 Å². The molecule has 0 atom stereocenters. The van der Waals surface area contributed by atoms with Crippen LogP contribution in [0.4, 0.5) is 5.69 Å². The van der Waals surface area contributed by atoms with E-state index in [1.165, 1.54) is 38.5 Å². The summed E-state index contributed by atoms with van der Waals surface area (Å²) in [4.78, 5) is 22.7. The molecule has 7 nitrogen and oxygen atoms in total. The number of nitrogens with zero attached hydrogens (tertiary/aromatic N) is 2. The number of rotatable bonds is 6. The summed E-state index contributed by atoms with van der Waals surface area (Å²) in [5, 5.41) is 20.2. The van der Waals surface area contributed by atoms with Gasteiger partial charge in [0.05, 0.1) is 19.1 Å². The number of ketones is 1. The molecule has 2 rings (SSSR count). The molecule has 0 saturated carbocycles. The Morgan fingerprint density at radius 1 is 1.20 bits per heavy atom. The van der Waals surface area contributed by atoms with Gasteiger partial charge in [-0.25, -0.2) is 0 Å². The highest BCUT2D eigenvalue weighted by Gasteiger charge is 2.16. The lowest BCUT2D eigenvalue weighted by atomic mass is 10.0. The molecule has 0 bridgehead atoms. The standard InChI is InChI=1S/C18H14N2O5/c1-24-16-7-6-12(17(10-16)25-2)8-14(11-19)18(21)13-4-3-5-15(9-13)20(22)23/h3-10H,1-2H3/b14-8+. The van der Waals surface area contributed by atoms with Gasteiger partial charge in [0, 0.05) is 29.3 Å². The van der Waals surface area contributed by atoms with E-state index in [4.69, 9.17) is 9.47 Å². The number of methoxy groups -OCH3 is 2. The molecule has 0 fully saturated rings. The van der Waals surface area contributed by atoms with Gasteiger partial charge < -0.3 is 9.47 Å². The Hall–Kier alpha value is -3.66. The van der Waals surface area contributed by atoms with Crippen LogP contribution in [0.3, 0.4) is 0 Å². The number of hydrogen-bond donors (Lipinski definition) is 0. The van der Waals surface area contributed by atoms with Gasteiger partial charge in [-0.2, -0.15) is 5.26 Å². The summed E-state index contributed by atoms with van der Waals surface area (Å²) in [6.07, 6.45) is 1.37. The molecule has 0 radical (unpaired) electrons. The molecular formula is C18H14N2O5. The summed E-state index contributed by atoms with van der Waals surface area (Å²) in [5.74, 6) is 0.389. The van der Waals surface area contributed by atoms with Crippen molar-refractivity contribution in [1.29, 1.82) is 5.26 Å². The molecular weight excluding hydrogens is 324 g/mol. The first-order chi connectivity index (χ1) is 12.0. The minimum absolute atomic E-state index is 0.0643. The molecule has 2 aromatic rings. The highest BCUT2D eigenvalue weighted by atomic mass is 16.6. The maximum Gasteiger partial charge on any atom is 0.270 e. The number of Topliss-reactive ketones (excluding diaryl/α,β-unsaturated/α-hetero) is 1. The van der Waals surface area contributed by atoms with Crippen LogP contribution in [0.5, 0.6) is 11.5 Å². The molecule has 0 spiro atoms. The molecule has 0 saturated heterocycles. The molecule has 2 aromatic carbocycles. The second-order valence-corrected chi connectivity index (χ2v) is 4.91. The van der Waals surface area contributed by atoms with Crippen LogP contribution in [0.15, 0.2) is 48.0 Å². The summed E-state index contributed by atoms with van der Waals surface area (Å²) in [5.41, 5.74) is 0.197. The molecule has 0 aliphatic heterocycles. The third-order valence-electron chi connectivity index (χ3n) is 3.42. The van der Waals surface area contributed by atoms with E-state index in [2.05, 4.69) is 0 Å². The molecule has 25 heavy (non-hydrogen) atoms. The number of non-ortho nitro benzene ring substituents is 1. The summed E-state index contributed by atoms with van der Waals surface area (Å²) >= 11 is 0. The van der Waals surface area contributed by atoms with E-state index < -0.39 is 10.7 Å². The zero-order valence-electron chi connectivity index (χ0n) is 13.6. The largest absolute Gasteiger partial charge is 0.497 e. The second-order valence-electron chi connectivity index (χ2n) is 4.91. The van der Waals surface area contributed by atoms with Gasteiger partial charge in [-0.15, -0.1) is 0 Å². The monoisotopic (exact) mass is 338 g/mol. The fourth-order valence-electron chi connectivity index (χ4n) is 2.16. The Morgan fingerprint density at radius 2 is 1.96 bits per heavy atom. The van der Waals surface area contributed by atoms with E-state index in [1.54, 1.807) is 18.2 Å². The van der Waals surface area contributed by atoms with E-state index >= 15 is 0 Å². The topological polar surface area (TPSA) is 102 Å². The highest BCUT2D eigenvalue weighted by Crippen LogP contribution is 2.27. The van der Waals surface area contributed by atoms with E-state index in [1.807, 2.05) is 6.07 Å². The SMILES string of the molecule is COc1ccc(/C=C(\C#N)C(=O)c2cccc([N+](=O)[O-])c2)c(OC)c1. The van der Waals surface area contributed by atoms with Crippen molar-refractivity contribution < 1.29 is 19.2 Å². The van der Waals surface area contributed by atoms with Gasteiger partial charge in [0.2, 0.25) is 5.78 Å². The summed E-state index contributed by atoms with van der Waals surface area (Å²) < 4.78 is 10.3. The van der Waals surface area contributed by atoms with E-state index in [9.17, 15) is 20.2 Å². The number of benzene rings is 2. The van der Waals surface area contributed by atoms with Gasteiger partial charge in [-0.05, 0) is 18.2 Å². The van der Waals surface area contributed by atoms with Gasteiger partial charge in [0.15, 0.2) is 0 Å². The Labute approximate surface area is 143 Å². The average molecular weight is 338 g/mol. The summed E-state index contributed by atoms with van der Waals surface area (Å²) in [6, 6.07) is 12.0. The molecule has 0 unspecified atom stereocenters. The van der Waals surface area contributed by atoms with Crippen molar-refractivity contribution in [3.8, 4) is 17.6 Å². The molecule has 0 N–H and O–H groups in total. The number of hydrogen-bond acceptors (Lipinski definition) is 6. The van der Waals surface area contributed by atoms with Crippen LogP contribution >= 0.6 is 0 Å². The van der Waals surface area contributed by atoms with Crippen LogP contribution in [0, 0.1) is 21.4 Å². The summed E-state index contributed by atoms with van der Waals surface area (Å²) in [6.45, 7) is 0. The van der Waals surface area contributed by atoms with Crippen molar-refractivity contribution in [3.05, 3.63) is 69.3 Å². The van der Waals surface area contributed by atoms with E-state index in [-0.39, 0.29) is 16.8 Å². The van der Waals surface area contributed by atoms with Crippen molar-refractivity contribution in [2.45, 2.75) is 0 Å². The van der Waals surface area contributed by atoms with Crippen LogP contribution in [-0.2, 0) is 0 Å². The number of carbonyl (C=O) groups is 1. The lowest BCUT2D eigenvalue weighted by Crippen LogP contribution is -2.03. The van der Waals surface area contributed by atoms with Crippen LogP contribution < -0.4 is 9.47 Å². The Balaban J connectivity index is 2.44. The molecule has 0 amide bonds. The van der Waals surface area contributed by atoms with Crippen molar-refractivity contribution in [2.24, 2.45) is 0 Å². The highest BCUT2D eigenvalue weighted by molar-refractivity contribution is 6.14. The first-order valence-corrected chi connectivity index (χ1v) is 7.13. The smallest absolute Gasteiger partial charge is 0.270 e. The van der Waals surface area contributed by atoms with E-state index in [0.29, 0.717) is 17.1 Å². The molecule has 126 valence electrons. The lowest BCUT2D eigenvalue weighted by Gasteiger charge is -2.08. The van der Waals surface area contributed by atoms with Gasteiger partial charge in [0.25, 0.3) is 5.69 Å². The number of nitro benzene ring substituents is 1. The van der Waals surface area contributed by atoms with Crippen LogP contribution in [0.1, 0.15) is 15.9 Å². The van der Waals surface area contributed by atoms with Crippen molar-refractivity contribution in [3.63, 3.8) is 0 Å². The number of nitro groups is 1. The van der Waals surface area contributed by atoms with Gasteiger partial charge in [-0.3, -0.25) is 14.9 Å². The van der Waals surface area contributed by atoms with Crippen LogP contribution in [0.25, 0.3) is 6.08 Å². The van der Waals surface area contributed by atoms with Gasteiger partial charge in [-0.1, -0.05) is 12.1 Å². The summed E-state index contributed by atoms with van der Waals surface area (Å²) in [7, 11) is 2.97. The van der Waals surface area contributed by atoms with Gasteiger partial charge in [0.1, 0.15) is 23.1 Å². The quantitative estimate of drug-likeness (QED) is 0.263. The third-order valence-corrected chi connectivity index (χ3v) is 3.42. The second kappa shape index (κ2) is 7.75. The molecule has 0 aliphatic rings. The zero-order valence-corrected chi connectivity index (χ0v) is 13.6. The molecule has 7 heteroatoms. The Bertz CT molecular complexity index is 897. The number of allylic oxidation sites excluding steroid dienone is 1. The lowest BCUT2D eigenvalue weighted by molar-refractivity contribution is -0.384. The predicted molar refractivity (Wildman–Crippen MR) is 90.6 cm³/mol. The third kappa shape index (κ3) is 4.00. The first kappa shape index (κ1) is 17.7. The maximum atomic E-state index is 12.5. The zero-order chi connectivity index (χ0) is 18.4. The number of carbonyl (C=O) groups excluding carboxylic acids is 1. The van der Waals surface area contributed by atoms with Crippen LogP contribution in [-0.4, -0.2) is 24.9 Å². The van der Waals surface area contributed by atoms with Gasteiger partial charge >= 0.3 is 0 Å². The normalized spacial score (nSPS) is 10.7. The molecule has 0 aromatic heterocycles. The fourth-order valence-corrected chi connectivity index (χ4v) is 2.16. The van der Waals surface area contributed by atoms with Crippen LogP contribution in [0.2, 0.25) is 0 Å². The maximum absolute atomic E-state index is 12.5. The Morgan fingerprint density at radius 3 is 2.56 bits per heavy atom. The van der Waals surface area contributed by atoms with Crippen molar-refractivity contribution in [1.82, 2.24) is 0 Å². The minimum Gasteiger partial charge on any atom is -0.497 e. The molecule has 0 aliphatic carbocycles. The van der Waals surface area contributed by atoms with Crippen molar-refractivity contribution in [2.75, 3.05) is 14.2 Å². The first-order valence-electron chi connectivity index (χ1n) is 7.13. The number of nitriles is 1. The fraction of sp³-hybridized carbons (Fsp3) is 0.111. The van der Waals surface area contributed by atoms with E-state index in [0.717, 1.165) is 6.07 Å². The predicted octanol–water partition coefficient (Wildman–Crippen LogP) is 3.40. The molecule has 0 heterocycles. The average Bonchev–Trinajstić information content (AvgIpc) is 2.65. The minimum atomic E-state index is -0.607.